The number of nitrogen functional groups attached to an aromatic ring is 1. The Balaban J connectivity index is 1.91. The molecule has 30 heavy (non-hydrogen) atoms. The molecule has 0 amide bonds. The third-order valence-electron chi connectivity index (χ3n) is 4.30. The number of aromatic amines is 1. The average Bonchev–Trinajstić information content (AvgIpc) is 3.42. The van der Waals surface area contributed by atoms with Crippen LogP contribution in [0.3, 0.4) is 0 Å². The molecule has 3 N–H and O–H groups in total. The minimum absolute atomic E-state index is 0.0943. The molecule has 7 nitrogen and oxygen atoms in total. The summed E-state index contributed by atoms with van der Waals surface area (Å²) in [7, 11) is 0. The van der Waals surface area contributed by atoms with Crippen molar-refractivity contribution < 1.29 is 35.9 Å². The molecule has 0 radical (unpaired) electrons. The van der Waals surface area contributed by atoms with Crippen LogP contribution >= 0.6 is 0 Å². The van der Waals surface area contributed by atoms with Crippen LogP contribution in [0, 0.1) is 0 Å². The number of anilines is 1. The summed E-state index contributed by atoms with van der Waals surface area (Å²) in [6, 6.07) is 0.186. The Bertz CT molecular complexity index is 1080. The highest BCUT2D eigenvalue weighted by atomic mass is 19.4. The van der Waals surface area contributed by atoms with Crippen molar-refractivity contribution in [3.63, 3.8) is 0 Å². The number of aromatic nitrogens is 2. The van der Waals surface area contributed by atoms with E-state index in [9.17, 15) is 40.7 Å². The Kier molecular flexibility index (Phi) is 5.16. The van der Waals surface area contributed by atoms with Gasteiger partial charge in [0, 0.05) is 6.04 Å². The van der Waals surface area contributed by atoms with Crippen molar-refractivity contribution in [1.29, 1.82) is 0 Å². The van der Waals surface area contributed by atoms with Crippen LogP contribution in [0.25, 0.3) is 0 Å². The number of ether oxygens (including phenoxy) is 1. The standard InChI is InChI=1S/C17H13F6N3O4/c18-16(19,20)7-3-8(17(21,22)23)5-10(4-7)30-6-11(27)12-13(24)26(9-1-2-9)15(29)25-14(12)28/h3-5,9H,1-2,6,24H2,(H,25,28,29). The first kappa shape index (κ1) is 21.5. The van der Waals surface area contributed by atoms with Gasteiger partial charge in [-0.3, -0.25) is 19.1 Å². The van der Waals surface area contributed by atoms with Gasteiger partial charge in [-0.2, -0.15) is 26.3 Å². The second kappa shape index (κ2) is 7.22. The Morgan fingerprint density at radius 2 is 1.60 bits per heavy atom. The summed E-state index contributed by atoms with van der Waals surface area (Å²) in [6.45, 7) is -1.07. The molecule has 1 fully saturated rings. The summed E-state index contributed by atoms with van der Waals surface area (Å²) in [5.41, 5.74) is -0.151. The second-order valence-electron chi connectivity index (χ2n) is 6.57. The molecular weight excluding hydrogens is 424 g/mol. The summed E-state index contributed by atoms with van der Waals surface area (Å²) < 4.78 is 83.1. The van der Waals surface area contributed by atoms with Crippen molar-refractivity contribution in [2.24, 2.45) is 0 Å². The van der Waals surface area contributed by atoms with Crippen LogP contribution in [0.1, 0.15) is 40.4 Å². The van der Waals surface area contributed by atoms with Gasteiger partial charge in [0.25, 0.3) is 5.56 Å². The van der Waals surface area contributed by atoms with Crippen LogP contribution in [0.5, 0.6) is 5.75 Å². The highest BCUT2D eigenvalue weighted by Gasteiger charge is 2.37. The largest absolute Gasteiger partial charge is 0.485 e. The molecule has 2 aromatic rings. The maximum Gasteiger partial charge on any atom is 0.416 e. The SMILES string of the molecule is Nc1c(C(=O)COc2cc(C(F)(F)F)cc(C(F)(F)F)c2)c(=O)[nH]c(=O)n1C1CC1. The molecule has 13 heteroatoms. The van der Waals surface area contributed by atoms with E-state index >= 15 is 0 Å². The first-order valence-electron chi connectivity index (χ1n) is 8.39. The zero-order valence-corrected chi connectivity index (χ0v) is 14.9. The van der Waals surface area contributed by atoms with Gasteiger partial charge in [0.15, 0.2) is 6.61 Å². The Morgan fingerprint density at radius 3 is 2.07 bits per heavy atom. The smallest absolute Gasteiger partial charge is 0.416 e. The van der Waals surface area contributed by atoms with E-state index in [-0.39, 0.29) is 12.1 Å². The summed E-state index contributed by atoms with van der Waals surface area (Å²) >= 11 is 0. The number of Topliss-reactive ketones (excluding diaryl/α,β-unsaturated/α-hetero) is 1. The molecule has 1 aromatic carbocycles. The van der Waals surface area contributed by atoms with E-state index in [4.69, 9.17) is 10.5 Å². The number of benzene rings is 1. The predicted molar refractivity (Wildman–Crippen MR) is 90.3 cm³/mol. The van der Waals surface area contributed by atoms with Gasteiger partial charge >= 0.3 is 18.0 Å². The van der Waals surface area contributed by atoms with Gasteiger partial charge in [-0.15, -0.1) is 0 Å². The number of nitrogens with two attached hydrogens (primary N) is 1. The van der Waals surface area contributed by atoms with Crippen molar-refractivity contribution in [3.8, 4) is 5.75 Å². The zero-order valence-electron chi connectivity index (χ0n) is 14.9. The number of carbonyl (C=O) groups excluding carboxylic acids is 1. The highest BCUT2D eigenvalue weighted by Crippen LogP contribution is 2.38. The van der Waals surface area contributed by atoms with Crippen LogP contribution < -0.4 is 21.7 Å². The summed E-state index contributed by atoms with van der Waals surface area (Å²) in [6.07, 6.45) is -9.01. The molecule has 1 aliphatic rings. The van der Waals surface area contributed by atoms with Gasteiger partial charge in [-0.25, -0.2) is 4.79 Å². The lowest BCUT2D eigenvalue weighted by atomic mass is 10.1. The Morgan fingerprint density at radius 1 is 1.07 bits per heavy atom. The third-order valence-corrected chi connectivity index (χ3v) is 4.30. The molecular formula is C17H13F6N3O4. The summed E-state index contributed by atoms with van der Waals surface area (Å²) in [4.78, 5) is 38.0. The van der Waals surface area contributed by atoms with Gasteiger partial charge in [-0.05, 0) is 31.0 Å². The minimum atomic E-state index is -5.09. The number of alkyl halides is 6. The van der Waals surface area contributed by atoms with Crippen LogP contribution in [-0.4, -0.2) is 21.9 Å². The van der Waals surface area contributed by atoms with Crippen molar-refractivity contribution in [2.75, 3.05) is 12.3 Å². The van der Waals surface area contributed by atoms with Gasteiger partial charge in [0.05, 0.1) is 11.1 Å². The molecule has 0 bridgehead atoms. The lowest BCUT2D eigenvalue weighted by molar-refractivity contribution is -0.143. The highest BCUT2D eigenvalue weighted by molar-refractivity contribution is 6.00. The molecule has 0 aliphatic heterocycles. The Hall–Kier alpha value is -3.25. The average molecular weight is 437 g/mol. The molecule has 162 valence electrons. The van der Waals surface area contributed by atoms with E-state index in [1.54, 1.807) is 0 Å². The maximum absolute atomic E-state index is 12.9. The molecule has 1 heterocycles. The van der Waals surface area contributed by atoms with E-state index in [0.717, 1.165) is 4.57 Å². The molecule has 1 aromatic heterocycles. The molecule has 0 saturated heterocycles. The van der Waals surface area contributed by atoms with Gasteiger partial charge in [0.2, 0.25) is 5.78 Å². The molecule has 0 atom stereocenters. The topological polar surface area (TPSA) is 107 Å². The number of halogens is 6. The quantitative estimate of drug-likeness (QED) is 0.553. The first-order chi connectivity index (χ1) is 13.8. The fourth-order valence-electron chi connectivity index (χ4n) is 2.76. The van der Waals surface area contributed by atoms with Crippen molar-refractivity contribution in [3.05, 3.63) is 55.7 Å². The van der Waals surface area contributed by atoms with Gasteiger partial charge in [0.1, 0.15) is 17.1 Å². The minimum Gasteiger partial charge on any atom is -0.485 e. The van der Waals surface area contributed by atoms with Gasteiger partial charge < -0.3 is 10.5 Å². The van der Waals surface area contributed by atoms with E-state index < -0.39 is 64.2 Å². The van der Waals surface area contributed by atoms with Crippen LogP contribution in [0.2, 0.25) is 0 Å². The fourth-order valence-corrected chi connectivity index (χ4v) is 2.76. The first-order valence-corrected chi connectivity index (χ1v) is 8.39. The maximum atomic E-state index is 12.9. The number of ketones is 1. The van der Waals surface area contributed by atoms with Crippen LogP contribution in [-0.2, 0) is 12.4 Å². The molecule has 0 spiro atoms. The lowest BCUT2D eigenvalue weighted by Crippen LogP contribution is -2.36. The number of hydrogen-bond acceptors (Lipinski definition) is 5. The van der Waals surface area contributed by atoms with Crippen molar-refractivity contribution in [2.45, 2.75) is 31.2 Å². The van der Waals surface area contributed by atoms with Crippen molar-refractivity contribution in [1.82, 2.24) is 9.55 Å². The normalized spacial score (nSPS) is 14.6. The van der Waals surface area contributed by atoms with Crippen LogP contribution in [0.4, 0.5) is 32.2 Å². The Labute approximate surface area is 163 Å². The molecule has 1 saturated carbocycles. The number of H-pyrrole nitrogens is 1. The monoisotopic (exact) mass is 437 g/mol. The molecule has 3 rings (SSSR count). The lowest BCUT2D eigenvalue weighted by Gasteiger charge is -2.15. The third kappa shape index (κ3) is 4.33. The van der Waals surface area contributed by atoms with Crippen molar-refractivity contribution >= 4 is 11.6 Å². The zero-order chi connectivity index (χ0) is 22.4. The second-order valence-corrected chi connectivity index (χ2v) is 6.57. The van der Waals surface area contributed by atoms with E-state index in [1.807, 2.05) is 4.98 Å². The van der Waals surface area contributed by atoms with Gasteiger partial charge in [-0.1, -0.05) is 0 Å². The number of nitrogens with zero attached hydrogens (tertiary/aromatic N) is 1. The fraction of sp³-hybridized carbons (Fsp3) is 0.353. The number of nitrogens with one attached hydrogen (secondary N) is 1. The summed E-state index contributed by atoms with van der Waals surface area (Å²) in [5, 5.41) is 0. The summed E-state index contributed by atoms with van der Waals surface area (Å²) in [5.74, 6) is -2.44. The van der Waals surface area contributed by atoms with E-state index in [0.29, 0.717) is 25.0 Å². The number of rotatable bonds is 5. The number of carbonyl (C=O) groups is 1. The number of hydrogen-bond donors (Lipinski definition) is 2. The molecule has 1 aliphatic carbocycles. The molecule has 0 unspecified atom stereocenters. The van der Waals surface area contributed by atoms with E-state index in [1.165, 1.54) is 0 Å². The van der Waals surface area contributed by atoms with E-state index in [2.05, 4.69) is 0 Å². The predicted octanol–water partition coefficient (Wildman–Crippen LogP) is 2.75. The van der Waals surface area contributed by atoms with Crippen LogP contribution in [0.15, 0.2) is 27.8 Å².